The van der Waals surface area contributed by atoms with E-state index in [4.69, 9.17) is 5.73 Å². The monoisotopic (exact) mass is 290 g/mol. The van der Waals surface area contributed by atoms with Crippen molar-refractivity contribution >= 4 is 22.4 Å². The van der Waals surface area contributed by atoms with Crippen LogP contribution in [0.5, 0.6) is 0 Å². The number of halogens is 5. The van der Waals surface area contributed by atoms with E-state index in [0.717, 1.165) is 0 Å². The van der Waals surface area contributed by atoms with Crippen molar-refractivity contribution in [1.29, 1.82) is 0 Å². The third-order valence-electron chi connectivity index (χ3n) is 1.75. The van der Waals surface area contributed by atoms with Crippen molar-refractivity contribution in [3.05, 3.63) is 10.6 Å². The zero-order valence-electron chi connectivity index (χ0n) is 8.85. The highest BCUT2D eigenvalue weighted by atomic mass is 32.1. The summed E-state index contributed by atoms with van der Waals surface area (Å²) in [5, 5.41) is -0.572. The van der Waals surface area contributed by atoms with Crippen molar-refractivity contribution in [3.8, 4) is 0 Å². The van der Waals surface area contributed by atoms with Crippen molar-refractivity contribution in [2.24, 2.45) is 0 Å². The molecule has 0 aromatic carbocycles. The van der Waals surface area contributed by atoms with E-state index in [1.54, 1.807) is 0 Å². The SMILES string of the molecule is CCOC(=O)c1nc(N)sc1C(F)(F)C(F)(F)F. The van der Waals surface area contributed by atoms with Crippen molar-refractivity contribution < 1.29 is 31.5 Å². The van der Waals surface area contributed by atoms with Crippen LogP contribution in [0.3, 0.4) is 0 Å². The molecule has 0 saturated carbocycles. The Morgan fingerprint density at radius 2 is 1.94 bits per heavy atom. The van der Waals surface area contributed by atoms with Crippen LogP contribution in [0.1, 0.15) is 22.3 Å². The van der Waals surface area contributed by atoms with Gasteiger partial charge in [0.1, 0.15) is 4.88 Å². The Bertz CT molecular complexity index is 457. The number of thiazole rings is 1. The van der Waals surface area contributed by atoms with Crippen LogP contribution in [0.2, 0.25) is 0 Å². The highest BCUT2D eigenvalue weighted by molar-refractivity contribution is 7.15. The van der Waals surface area contributed by atoms with E-state index < -0.39 is 33.8 Å². The first kappa shape index (κ1) is 14.6. The number of hydrogen-bond acceptors (Lipinski definition) is 5. The molecule has 0 unspecified atom stereocenters. The van der Waals surface area contributed by atoms with Crippen LogP contribution < -0.4 is 5.73 Å². The predicted molar refractivity (Wildman–Crippen MR) is 52.4 cm³/mol. The van der Waals surface area contributed by atoms with Gasteiger partial charge in [0, 0.05) is 0 Å². The average molecular weight is 290 g/mol. The van der Waals surface area contributed by atoms with Gasteiger partial charge < -0.3 is 10.5 Å². The summed E-state index contributed by atoms with van der Waals surface area (Å²) in [5.41, 5.74) is 3.94. The molecular weight excluding hydrogens is 283 g/mol. The normalized spacial score (nSPS) is 12.6. The van der Waals surface area contributed by atoms with E-state index in [1.807, 2.05) is 0 Å². The third kappa shape index (κ3) is 2.52. The van der Waals surface area contributed by atoms with Gasteiger partial charge in [-0.25, -0.2) is 9.78 Å². The second kappa shape index (κ2) is 4.67. The van der Waals surface area contributed by atoms with Gasteiger partial charge in [0.15, 0.2) is 10.8 Å². The Kier molecular flexibility index (Phi) is 3.79. The van der Waals surface area contributed by atoms with Gasteiger partial charge in [0.2, 0.25) is 0 Å². The standard InChI is InChI=1S/C8H7F5N2O2S/c1-2-17-5(16)3-4(18-6(14)15-3)7(9,10)8(11,12)13/h2H2,1H3,(H2,14,15). The summed E-state index contributed by atoms with van der Waals surface area (Å²) in [7, 11) is 0. The minimum absolute atomic E-state index is 0.102. The number of aromatic nitrogens is 1. The molecule has 0 spiro atoms. The number of nitrogen functional groups attached to an aromatic ring is 1. The number of carbonyl (C=O) groups excluding carboxylic acids is 1. The molecule has 1 rings (SSSR count). The molecule has 0 aliphatic rings. The van der Waals surface area contributed by atoms with Gasteiger partial charge in [0.05, 0.1) is 6.61 Å². The number of hydrogen-bond donors (Lipinski definition) is 1. The van der Waals surface area contributed by atoms with E-state index in [0.29, 0.717) is 0 Å². The lowest BCUT2D eigenvalue weighted by Crippen LogP contribution is -2.34. The minimum atomic E-state index is -5.84. The van der Waals surface area contributed by atoms with Crippen LogP contribution in [-0.4, -0.2) is 23.7 Å². The zero-order chi connectivity index (χ0) is 14.1. The van der Waals surface area contributed by atoms with E-state index in [9.17, 15) is 26.7 Å². The lowest BCUT2D eigenvalue weighted by Gasteiger charge is -2.18. The van der Waals surface area contributed by atoms with Gasteiger partial charge in [-0.3, -0.25) is 0 Å². The van der Waals surface area contributed by atoms with E-state index in [1.165, 1.54) is 6.92 Å². The van der Waals surface area contributed by atoms with Gasteiger partial charge in [-0.2, -0.15) is 22.0 Å². The minimum Gasteiger partial charge on any atom is -0.461 e. The number of nitrogens with zero attached hydrogens (tertiary/aromatic N) is 1. The first-order chi connectivity index (χ1) is 8.11. The summed E-state index contributed by atoms with van der Waals surface area (Å²) in [4.78, 5) is 12.8. The second-order valence-corrected chi connectivity index (χ2v) is 4.05. The van der Waals surface area contributed by atoms with Gasteiger partial charge in [-0.15, -0.1) is 0 Å². The fraction of sp³-hybridized carbons (Fsp3) is 0.500. The summed E-state index contributed by atoms with van der Waals surface area (Å²) in [5.74, 6) is -6.57. The van der Waals surface area contributed by atoms with E-state index >= 15 is 0 Å². The highest BCUT2D eigenvalue weighted by Gasteiger charge is 2.61. The number of rotatable bonds is 3. The smallest absolute Gasteiger partial charge is 0.459 e. The fourth-order valence-electron chi connectivity index (χ4n) is 1.02. The number of carbonyl (C=O) groups is 1. The van der Waals surface area contributed by atoms with Gasteiger partial charge in [-0.1, -0.05) is 11.3 Å². The van der Waals surface area contributed by atoms with Crippen LogP contribution >= 0.6 is 11.3 Å². The van der Waals surface area contributed by atoms with Gasteiger partial charge >= 0.3 is 18.1 Å². The van der Waals surface area contributed by atoms with Crippen LogP contribution in [0.25, 0.3) is 0 Å². The maximum Gasteiger partial charge on any atom is 0.459 e. The van der Waals surface area contributed by atoms with Crippen molar-refractivity contribution in [3.63, 3.8) is 0 Å². The first-order valence-corrected chi connectivity index (χ1v) is 5.31. The largest absolute Gasteiger partial charge is 0.461 e. The van der Waals surface area contributed by atoms with Crippen LogP contribution in [0.4, 0.5) is 27.1 Å². The quantitative estimate of drug-likeness (QED) is 0.686. The molecule has 0 aliphatic carbocycles. The summed E-state index contributed by atoms with van der Waals surface area (Å²) in [6, 6.07) is 0. The molecule has 0 fully saturated rings. The molecule has 0 bridgehead atoms. The number of ether oxygens (including phenoxy) is 1. The predicted octanol–water partition coefficient (Wildman–Crippen LogP) is 2.56. The molecule has 1 aromatic heterocycles. The summed E-state index contributed by atoms with van der Waals surface area (Å²) < 4.78 is 67.2. The Balaban J connectivity index is 3.29. The molecule has 10 heteroatoms. The van der Waals surface area contributed by atoms with Gasteiger partial charge in [0.25, 0.3) is 0 Å². The summed E-state index contributed by atoms with van der Waals surface area (Å²) in [6.07, 6.45) is -5.84. The third-order valence-corrected chi connectivity index (χ3v) is 2.71. The molecule has 102 valence electrons. The summed E-state index contributed by atoms with van der Waals surface area (Å²) in [6.45, 7) is 1.18. The molecule has 18 heavy (non-hydrogen) atoms. The maximum absolute atomic E-state index is 13.1. The number of esters is 1. The molecule has 2 N–H and O–H groups in total. The van der Waals surface area contributed by atoms with Crippen molar-refractivity contribution in [2.45, 2.75) is 19.0 Å². The van der Waals surface area contributed by atoms with Crippen molar-refractivity contribution in [1.82, 2.24) is 4.98 Å². The molecule has 4 nitrogen and oxygen atoms in total. The van der Waals surface area contributed by atoms with Crippen LogP contribution in [-0.2, 0) is 10.7 Å². The summed E-state index contributed by atoms with van der Waals surface area (Å²) >= 11 is -0.102. The Hall–Kier alpha value is -1.45. The lowest BCUT2D eigenvalue weighted by molar-refractivity contribution is -0.288. The van der Waals surface area contributed by atoms with Gasteiger partial charge in [-0.05, 0) is 6.92 Å². The average Bonchev–Trinajstić information content (AvgIpc) is 2.59. The molecule has 0 amide bonds. The molecule has 1 heterocycles. The Morgan fingerprint density at radius 1 is 1.39 bits per heavy atom. The molecule has 1 aromatic rings. The van der Waals surface area contributed by atoms with Crippen LogP contribution in [0.15, 0.2) is 0 Å². The number of anilines is 1. The number of nitrogens with two attached hydrogens (primary N) is 1. The van der Waals surface area contributed by atoms with Crippen molar-refractivity contribution in [2.75, 3.05) is 12.3 Å². The first-order valence-electron chi connectivity index (χ1n) is 4.49. The maximum atomic E-state index is 13.1. The molecule has 0 atom stereocenters. The molecule has 0 aliphatic heterocycles. The lowest BCUT2D eigenvalue weighted by atomic mass is 10.2. The number of alkyl halides is 5. The molecule has 0 saturated heterocycles. The van der Waals surface area contributed by atoms with E-state index in [2.05, 4.69) is 9.72 Å². The Morgan fingerprint density at radius 3 is 2.39 bits per heavy atom. The molecule has 0 radical (unpaired) electrons. The fourth-order valence-corrected chi connectivity index (χ4v) is 1.83. The Labute approximate surface area is 102 Å². The highest BCUT2D eigenvalue weighted by Crippen LogP contribution is 2.47. The second-order valence-electron chi connectivity index (χ2n) is 3.02. The van der Waals surface area contributed by atoms with Crippen LogP contribution in [0, 0.1) is 0 Å². The zero-order valence-corrected chi connectivity index (χ0v) is 9.66. The topological polar surface area (TPSA) is 65.2 Å². The molecular formula is C8H7F5N2O2S. The van der Waals surface area contributed by atoms with E-state index in [-0.39, 0.29) is 17.9 Å².